The lowest BCUT2D eigenvalue weighted by molar-refractivity contribution is -0.895. The summed E-state index contributed by atoms with van der Waals surface area (Å²) < 4.78 is 27.8. The van der Waals surface area contributed by atoms with Gasteiger partial charge in [-0.3, -0.25) is 4.79 Å². The van der Waals surface area contributed by atoms with Crippen molar-refractivity contribution in [1.82, 2.24) is 9.73 Å². The number of sulfonamides is 1. The Hall–Kier alpha value is -1.72. The number of rotatable bonds is 7. The molecule has 0 atom stereocenters. The van der Waals surface area contributed by atoms with Crippen molar-refractivity contribution >= 4 is 49.8 Å². The summed E-state index contributed by atoms with van der Waals surface area (Å²) in [5.41, 5.74) is 3.46. The van der Waals surface area contributed by atoms with Crippen LogP contribution in [0.15, 0.2) is 67.9 Å². The number of thioether (sulfide) groups is 1. The number of piperazine rings is 1. The van der Waals surface area contributed by atoms with Crippen LogP contribution >= 0.6 is 27.7 Å². The Labute approximate surface area is 189 Å². The molecule has 0 radical (unpaired) electrons. The Morgan fingerprint density at radius 2 is 1.80 bits per heavy atom. The van der Waals surface area contributed by atoms with Gasteiger partial charge in [0.05, 0.1) is 37.3 Å². The van der Waals surface area contributed by atoms with E-state index in [9.17, 15) is 13.2 Å². The van der Waals surface area contributed by atoms with E-state index in [1.165, 1.54) is 9.20 Å². The molecule has 0 unspecified atom stereocenters. The summed E-state index contributed by atoms with van der Waals surface area (Å²) in [6.45, 7) is 2.17. The second-order valence-corrected chi connectivity index (χ2v) is 10.6. The standard InChI is InChI=1S/C20H23BrN4O3S2/c1-29-18-6-2-16(3-7-18)14-22-23-20(26)15-24-10-12-25(13-11-24)30(27,28)19-8-4-17(21)5-9-19/h2-9,14H,10-13,15H2,1H3,(H,23,26)/p+1/b22-14+. The molecule has 1 amide bonds. The Bertz CT molecular complexity index is 988. The molecule has 0 aliphatic carbocycles. The predicted molar refractivity (Wildman–Crippen MR) is 122 cm³/mol. The minimum absolute atomic E-state index is 0.189. The molecule has 160 valence electrons. The Morgan fingerprint density at radius 3 is 2.40 bits per heavy atom. The van der Waals surface area contributed by atoms with Gasteiger partial charge in [-0.15, -0.1) is 11.8 Å². The first-order valence-corrected chi connectivity index (χ1v) is 12.9. The summed E-state index contributed by atoms with van der Waals surface area (Å²) in [5, 5.41) is 4.01. The predicted octanol–water partition coefficient (Wildman–Crippen LogP) is 1.21. The molecule has 7 nitrogen and oxygen atoms in total. The topological polar surface area (TPSA) is 83.3 Å². The number of nitrogens with zero attached hydrogens (tertiary/aromatic N) is 2. The molecule has 1 heterocycles. The fraction of sp³-hybridized carbons (Fsp3) is 0.300. The summed E-state index contributed by atoms with van der Waals surface area (Å²) in [7, 11) is -3.51. The van der Waals surface area contributed by atoms with E-state index in [-0.39, 0.29) is 17.3 Å². The van der Waals surface area contributed by atoms with Gasteiger partial charge in [0.1, 0.15) is 0 Å². The molecule has 2 N–H and O–H groups in total. The van der Waals surface area contributed by atoms with Crippen LogP contribution in [0.25, 0.3) is 0 Å². The lowest BCUT2D eigenvalue weighted by atomic mass is 10.2. The van der Waals surface area contributed by atoms with Gasteiger partial charge >= 0.3 is 0 Å². The van der Waals surface area contributed by atoms with Gasteiger partial charge < -0.3 is 4.90 Å². The molecule has 30 heavy (non-hydrogen) atoms. The zero-order valence-corrected chi connectivity index (χ0v) is 19.8. The van der Waals surface area contributed by atoms with Crippen molar-refractivity contribution in [2.24, 2.45) is 5.10 Å². The molecule has 2 aromatic rings. The average Bonchev–Trinajstić information content (AvgIpc) is 2.75. The SMILES string of the molecule is CSc1ccc(/C=N/NC(=O)C[NH+]2CCN(S(=O)(=O)c3ccc(Br)cc3)CC2)cc1. The zero-order chi connectivity index (χ0) is 21.6. The minimum Gasteiger partial charge on any atom is -0.325 e. The van der Waals surface area contributed by atoms with Crippen LogP contribution in [-0.2, 0) is 14.8 Å². The van der Waals surface area contributed by atoms with E-state index in [2.05, 4.69) is 26.5 Å². The number of quaternary nitrogens is 1. The van der Waals surface area contributed by atoms with Crippen molar-refractivity contribution < 1.29 is 18.1 Å². The molecule has 1 saturated heterocycles. The van der Waals surface area contributed by atoms with E-state index in [4.69, 9.17) is 0 Å². The molecule has 0 aromatic heterocycles. The highest BCUT2D eigenvalue weighted by molar-refractivity contribution is 9.10. The number of hydrazone groups is 1. The van der Waals surface area contributed by atoms with Crippen molar-refractivity contribution in [2.45, 2.75) is 9.79 Å². The monoisotopic (exact) mass is 511 g/mol. The maximum atomic E-state index is 12.7. The van der Waals surface area contributed by atoms with E-state index >= 15 is 0 Å². The first-order valence-electron chi connectivity index (χ1n) is 9.44. The average molecular weight is 512 g/mol. The molecule has 1 fully saturated rings. The summed E-state index contributed by atoms with van der Waals surface area (Å²) in [5.74, 6) is -0.189. The largest absolute Gasteiger partial charge is 0.325 e. The number of nitrogens with one attached hydrogen (secondary N) is 2. The second-order valence-electron chi connectivity index (χ2n) is 6.85. The third-order valence-electron chi connectivity index (χ3n) is 4.81. The smallest absolute Gasteiger partial charge is 0.295 e. The second kappa shape index (κ2) is 10.5. The van der Waals surface area contributed by atoms with Crippen LogP contribution < -0.4 is 10.3 Å². The lowest BCUT2D eigenvalue weighted by Gasteiger charge is -2.31. The van der Waals surface area contributed by atoms with Gasteiger partial charge in [-0.1, -0.05) is 28.1 Å². The minimum atomic E-state index is -3.51. The van der Waals surface area contributed by atoms with Gasteiger partial charge in [-0.05, 0) is 48.2 Å². The number of carbonyl (C=O) groups is 1. The summed E-state index contributed by atoms with van der Waals surface area (Å²) in [6, 6.07) is 14.5. The van der Waals surface area contributed by atoms with Gasteiger partial charge in [0, 0.05) is 9.37 Å². The molecule has 1 aliphatic heterocycles. The Kier molecular flexibility index (Phi) is 8.06. The molecule has 3 rings (SSSR count). The molecule has 0 saturated carbocycles. The third kappa shape index (κ3) is 6.14. The van der Waals surface area contributed by atoms with Crippen molar-refractivity contribution in [3.8, 4) is 0 Å². The first-order chi connectivity index (χ1) is 14.4. The van der Waals surface area contributed by atoms with Crippen molar-refractivity contribution in [1.29, 1.82) is 0 Å². The molecular weight excluding hydrogens is 488 g/mol. The summed E-state index contributed by atoms with van der Waals surface area (Å²) in [6.07, 6.45) is 3.63. The molecule has 0 bridgehead atoms. The zero-order valence-electron chi connectivity index (χ0n) is 16.5. The normalized spacial score (nSPS) is 16.1. The molecular formula is C20H24BrN4O3S2+. The quantitative estimate of drug-likeness (QED) is 0.332. The van der Waals surface area contributed by atoms with Gasteiger partial charge in [0.25, 0.3) is 5.91 Å². The molecule has 1 aliphatic rings. The van der Waals surface area contributed by atoms with Gasteiger partial charge in [0.15, 0.2) is 6.54 Å². The number of benzene rings is 2. The maximum Gasteiger partial charge on any atom is 0.295 e. The van der Waals surface area contributed by atoms with Gasteiger partial charge in [-0.25, -0.2) is 13.8 Å². The third-order valence-corrected chi connectivity index (χ3v) is 8.00. The van der Waals surface area contributed by atoms with Crippen LogP contribution in [0, 0.1) is 0 Å². The van der Waals surface area contributed by atoms with Crippen LogP contribution in [-0.4, -0.2) is 63.8 Å². The number of amides is 1. The Balaban J connectivity index is 1.46. The van der Waals surface area contributed by atoms with Crippen LogP contribution in [0.2, 0.25) is 0 Å². The summed E-state index contributed by atoms with van der Waals surface area (Å²) >= 11 is 4.98. The van der Waals surface area contributed by atoms with Crippen molar-refractivity contribution in [3.63, 3.8) is 0 Å². The Morgan fingerprint density at radius 1 is 1.17 bits per heavy atom. The van der Waals surface area contributed by atoms with Crippen molar-refractivity contribution in [3.05, 3.63) is 58.6 Å². The maximum absolute atomic E-state index is 12.7. The molecule has 2 aromatic carbocycles. The van der Waals surface area contributed by atoms with E-state index in [1.54, 1.807) is 42.2 Å². The molecule has 0 spiro atoms. The van der Waals surface area contributed by atoms with Crippen LogP contribution in [0.5, 0.6) is 0 Å². The first kappa shape index (κ1) is 23.0. The number of halogens is 1. The highest BCUT2D eigenvalue weighted by atomic mass is 79.9. The molecule has 10 heteroatoms. The van der Waals surface area contributed by atoms with Crippen LogP contribution in [0.3, 0.4) is 0 Å². The lowest BCUT2D eigenvalue weighted by Crippen LogP contribution is -3.15. The van der Waals surface area contributed by atoms with E-state index in [0.29, 0.717) is 26.2 Å². The van der Waals surface area contributed by atoms with E-state index < -0.39 is 10.0 Å². The highest BCUT2D eigenvalue weighted by Gasteiger charge is 2.31. The fourth-order valence-corrected chi connectivity index (χ4v) is 5.22. The van der Waals surface area contributed by atoms with Gasteiger partial charge in [-0.2, -0.15) is 9.41 Å². The fourth-order valence-electron chi connectivity index (χ4n) is 3.11. The number of hydrogen-bond acceptors (Lipinski definition) is 5. The van der Waals surface area contributed by atoms with E-state index in [1.807, 2.05) is 30.5 Å². The van der Waals surface area contributed by atoms with Crippen molar-refractivity contribution in [2.75, 3.05) is 39.0 Å². The highest BCUT2D eigenvalue weighted by Crippen LogP contribution is 2.18. The number of carbonyl (C=O) groups excluding carboxylic acids is 1. The summed E-state index contributed by atoms with van der Waals surface area (Å²) in [4.78, 5) is 14.6. The van der Waals surface area contributed by atoms with Gasteiger partial charge in [0.2, 0.25) is 10.0 Å². The van der Waals surface area contributed by atoms with Crippen LogP contribution in [0.4, 0.5) is 0 Å². The van der Waals surface area contributed by atoms with E-state index in [0.717, 1.165) is 14.9 Å². The number of hydrogen-bond donors (Lipinski definition) is 2. The van der Waals surface area contributed by atoms with Crippen LogP contribution in [0.1, 0.15) is 5.56 Å².